The summed E-state index contributed by atoms with van der Waals surface area (Å²) >= 11 is 0. The molecule has 18 heavy (non-hydrogen) atoms. The number of nitrogens with zero attached hydrogens (tertiary/aromatic N) is 1. The van der Waals surface area contributed by atoms with Gasteiger partial charge in [0.25, 0.3) is 0 Å². The fourth-order valence-electron chi connectivity index (χ4n) is 2.40. The molecule has 0 bridgehead atoms. The summed E-state index contributed by atoms with van der Waals surface area (Å²) in [5, 5.41) is 3.13. The summed E-state index contributed by atoms with van der Waals surface area (Å²) in [6, 6.07) is 10.3. The second-order valence-corrected chi connectivity index (χ2v) is 5.27. The van der Waals surface area contributed by atoms with Gasteiger partial charge in [-0.1, -0.05) is 30.3 Å². The van der Waals surface area contributed by atoms with Crippen molar-refractivity contribution in [3.63, 3.8) is 0 Å². The largest absolute Gasteiger partial charge is 0.345 e. The Bertz CT molecular complexity index is 398. The van der Waals surface area contributed by atoms with E-state index in [1.165, 1.54) is 5.56 Å². The maximum absolute atomic E-state index is 12.3. The first-order valence-electron chi connectivity index (χ1n) is 6.62. The van der Waals surface area contributed by atoms with Gasteiger partial charge in [-0.25, -0.2) is 0 Å². The molecular formula is C15H22N2O. The van der Waals surface area contributed by atoms with Crippen molar-refractivity contribution in [1.82, 2.24) is 10.2 Å². The summed E-state index contributed by atoms with van der Waals surface area (Å²) in [6.45, 7) is 1.61. The Morgan fingerprint density at radius 2 is 2.00 bits per heavy atom. The number of likely N-dealkylation sites (N-methyl/N-ethyl adjacent to an activating group) is 1. The Morgan fingerprint density at radius 3 is 2.56 bits per heavy atom. The van der Waals surface area contributed by atoms with E-state index < -0.39 is 0 Å². The van der Waals surface area contributed by atoms with Gasteiger partial charge in [-0.05, 0) is 31.9 Å². The van der Waals surface area contributed by atoms with Crippen LogP contribution in [0.25, 0.3) is 0 Å². The minimum Gasteiger partial charge on any atom is -0.345 e. The highest BCUT2D eigenvalue weighted by Gasteiger charge is 2.50. The molecule has 1 aromatic carbocycles. The molecule has 1 saturated carbocycles. The van der Waals surface area contributed by atoms with Crippen LogP contribution < -0.4 is 5.32 Å². The summed E-state index contributed by atoms with van der Waals surface area (Å²) < 4.78 is 0. The van der Waals surface area contributed by atoms with E-state index in [2.05, 4.69) is 17.4 Å². The molecule has 0 atom stereocenters. The molecule has 1 amide bonds. The summed E-state index contributed by atoms with van der Waals surface area (Å²) in [7, 11) is 3.83. The van der Waals surface area contributed by atoms with Crippen LogP contribution in [0.4, 0.5) is 0 Å². The molecular weight excluding hydrogens is 224 g/mol. The maximum Gasteiger partial charge on any atom is 0.229 e. The predicted molar refractivity (Wildman–Crippen MR) is 73.4 cm³/mol. The second kappa shape index (κ2) is 5.53. The molecule has 3 nitrogen and oxygen atoms in total. The predicted octanol–water partition coefficient (Wildman–Crippen LogP) is 1.69. The Balaban J connectivity index is 1.85. The van der Waals surface area contributed by atoms with Crippen LogP contribution in [0.1, 0.15) is 18.4 Å². The van der Waals surface area contributed by atoms with Gasteiger partial charge in [0.15, 0.2) is 0 Å². The first-order chi connectivity index (χ1) is 8.68. The SMILES string of the molecule is CNCC1(C(=O)N(C)CCc2ccccc2)CC1. The van der Waals surface area contributed by atoms with Gasteiger partial charge in [0.2, 0.25) is 5.91 Å². The molecule has 0 spiro atoms. The molecule has 98 valence electrons. The molecule has 1 aliphatic rings. The average Bonchev–Trinajstić information content (AvgIpc) is 3.17. The van der Waals surface area contributed by atoms with Crippen molar-refractivity contribution in [3.05, 3.63) is 35.9 Å². The monoisotopic (exact) mass is 246 g/mol. The van der Waals surface area contributed by atoms with E-state index in [0.717, 1.165) is 32.4 Å². The lowest BCUT2D eigenvalue weighted by Gasteiger charge is -2.23. The zero-order valence-corrected chi connectivity index (χ0v) is 11.3. The van der Waals surface area contributed by atoms with Gasteiger partial charge in [0.05, 0.1) is 5.41 Å². The van der Waals surface area contributed by atoms with Gasteiger partial charge in [-0.15, -0.1) is 0 Å². The molecule has 1 N–H and O–H groups in total. The Labute approximate surface area is 109 Å². The lowest BCUT2D eigenvalue weighted by atomic mass is 10.1. The van der Waals surface area contributed by atoms with Crippen LogP contribution in [0.3, 0.4) is 0 Å². The van der Waals surface area contributed by atoms with Crippen molar-refractivity contribution in [2.75, 3.05) is 27.2 Å². The molecule has 0 radical (unpaired) electrons. The van der Waals surface area contributed by atoms with Crippen molar-refractivity contribution >= 4 is 5.91 Å². The van der Waals surface area contributed by atoms with Crippen molar-refractivity contribution in [1.29, 1.82) is 0 Å². The molecule has 2 rings (SSSR count). The first kappa shape index (κ1) is 13.1. The fourth-order valence-corrected chi connectivity index (χ4v) is 2.40. The van der Waals surface area contributed by atoms with Gasteiger partial charge >= 0.3 is 0 Å². The van der Waals surface area contributed by atoms with E-state index in [1.54, 1.807) is 0 Å². The molecule has 1 fully saturated rings. The van der Waals surface area contributed by atoms with Gasteiger partial charge in [-0.2, -0.15) is 0 Å². The molecule has 0 unspecified atom stereocenters. The van der Waals surface area contributed by atoms with Crippen LogP contribution in [0.15, 0.2) is 30.3 Å². The lowest BCUT2D eigenvalue weighted by Crippen LogP contribution is -2.39. The van der Waals surface area contributed by atoms with E-state index >= 15 is 0 Å². The first-order valence-corrected chi connectivity index (χ1v) is 6.62. The minimum atomic E-state index is -0.0970. The molecule has 1 aliphatic carbocycles. The minimum absolute atomic E-state index is 0.0970. The van der Waals surface area contributed by atoms with Crippen molar-refractivity contribution < 1.29 is 4.79 Å². The van der Waals surface area contributed by atoms with Crippen LogP contribution in [0.2, 0.25) is 0 Å². The summed E-state index contributed by atoms with van der Waals surface area (Å²) in [4.78, 5) is 14.2. The third-order valence-corrected chi connectivity index (χ3v) is 3.75. The maximum atomic E-state index is 12.3. The van der Waals surface area contributed by atoms with E-state index in [9.17, 15) is 4.79 Å². The molecule has 0 aliphatic heterocycles. The zero-order chi connectivity index (χ0) is 13.0. The van der Waals surface area contributed by atoms with Crippen LogP contribution in [-0.4, -0.2) is 38.0 Å². The molecule has 3 heteroatoms. The van der Waals surface area contributed by atoms with Crippen LogP contribution >= 0.6 is 0 Å². The lowest BCUT2D eigenvalue weighted by molar-refractivity contribution is -0.135. The van der Waals surface area contributed by atoms with Gasteiger partial charge < -0.3 is 10.2 Å². The van der Waals surface area contributed by atoms with Crippen LogP contribution in [0, 0.1) is 5.41 Å². The molecule has 0 aromatic heterocycles. The molecule has 0 saturated heterocycles. The third-order valence-electron chi connectivity index (χ3n) is 3.75. The van der Waals surface area contributed by atoms with Crippen LogP contribution in [0.5, 0.6) is 0 Å². The highest BCUT2D eigenvalue weighted by atomic mass is 16.2. The third kappa shape index (κ3) is 2.91. The standard InChI is InChI=1S/C15H22N2O/c1-16-12-15(9-10-15)14(18)17(2)11-8-13-6-4-3-5-7-13/h3-7,16H,8-12H2,1-2H3. The number of amides is 1. The van der Waals surface area contributed by atoms with E-state index in [1.807, 2.05) is 37.2 Å². The average molecular weight is 246 g/mol. The molecule has 1 aromatic rings. The smallest absolute Gasteiger partial charge is 0.229 e. The zero-order valence-electron chi connectivity index (χ0n) is 11.3. The Kier molecular flexibility index (Phi) is 4.02. The van der Waals surface area contributed by atoms with Crippen molar-refractivity contribution in [2.45, 2.75) is 19.3 Å². The summed E-state index contributed by atoms with van der Waals surface area (Å²) in [6.07, 6.45) is 2.99. The van der Waals surface area contributed by atoms with Gasteiger partial charge in [0, 0.05) is 20.1 Å². The fraction of sp³-hybridized carbons (Fsp3) is 0.533. The van der Waals surface area contributed by atoms with Crippen molar-refractivity contribution in [3.8, 4) is 0 Å². The number of nitrogens with one attached hydrogen (secondary N) is 1. The number of hydrogen-bond acceptors (Lipinski definition) is 2. The second-order valence-electron chi connectivity index (χ2n) is 5.27. The normalized spacial score (nSPS) is 16.3. The number of carbonyl (C=O) groups excluding carboxylic acids is 1. The summed E-state index contributed by atoms with van der Waals surface area (Å²) in [5.74, 6) is 0.299. The van der Waals surface area contributed by atoms with Gasteiger partial charge in [0.1, 0.15) is 0 Å². The number of carbonyl (C=O) groups is 1. The number of hydrogen-bond donors (Lipinski definition) is 1. The topological polar surface area (TPSA) is 32.3 Å². The highest BCUT2D eigenvalue weighted by molar-refractivity contribution is 5.85. The van der Waals surface area contributed by atoms with E-state index in [0.29, 0.717) is 5.91 Å². The van der Waals surface area contributed by atoms with E-state index in [-0.39, 0.29) is 5.41 Å². The quantitative estimate of drug-likeness (QED) is 0.828. The number of rotatable bonds is 6. The Hall–Kier alpha value is -1.35. The summed E-state index contributed by atoms with van der Waals surface area (Å²) in [5.41, 5.74) is 1.19. The van der Waals surface area contributed by atoms with E-state index in [4.69, 9.17) is 0 Å². The van der Waals surface area contributed by atoms with Crippen molar-refractivity contribution in [2.24, 2.45) is 5.41 Å². The Morgan fingerprint density at radius 1 is 1.33 bits per heavy atom. The number of benzene rings is 1. The highest BCUT2D eigenvalue weighted by Crippen LogP contribution is 2.46. The molecule has 0 heterocycles. The van der Waals surface area contributed by atoms with Crippen LogP contribution in [-0.2, 0) is 11.2 Å². The van der Waals surface area contributed by atoms with Gasteiger partial charge in [-0.3, -0.25) is 4.79 Å².